The molecular formula is C47H29N3O. The topological polar surface area (TPSA) is 58.9 Å². The molecule has 0 unspecified atom stereocenters. The summed E-state index contributed by atoms with van der Waals surface area (Å²) in [6.07, 6.45) is 0. The van der Waals surface area contributed by atoms with Crippen molar-refractivity contribution >= 4 is 54.3 Å². The third-order valence-electron chi connectivity index (χ3n) is 9.93. The number of phenolic OH excluding ortho intramolecular Hbond substituents is 1. The third kappa shape index (κ3) is 4.88. The standard InChI is InChI=1S/C47H29N3O/c51-42-15-7-14-38-43-37-13-5-4-8-30(37)22-25-39(43)44(50-47(38)42)32-18-16-29(17-19-32)35-11-6-12-36(28-35)41-27-24-34-21-20-33-23-26-40(31-9-2-1-3-10-31)48-45(33)46(34)49-41/h1-28,51H. The van der Waals surface area contributed by atoms with Crippen LogP contribution in [0, 0.1) is 0 Å². The van der Waals surface area contributed by atoms with Gasteiger partial charge in [0.05, 0.1) is 28.1 Å². The molecule has 10 aromatic rings. The highest BCUT2D eigenvalue weighted by Gasteiger charge is 2.16. The number of para-hydroxylation sites is 1. The fourth-order valence-electron chi connectivity index (χ4n) is 7.38. The Kier molecular flexibility index (Phi) is 6.61. The minimum absolute atomic E-state index is 0.180. The lowest BCUT2D eigenvalue weighted by Gasteiger charge is -2.14. The van der Waals surface area contributed by atoms with Crippen LogP contribution in [0.5, 0.6) is 5.75 Å². The average molecular weight is 652 g/mol. The van der Waals surface area contributed by atoms with Crippen LogP contribution in [0.1, 0.15) is 0 Å². The SMILES string of the molecule is Oc1cccc2c1nc(-c1ccc(-c3cccc(-c4ccc5ccc6ccc(-c7ccccc7)nc6c5n4)c3)cc1)c1ccc3ccccc3c12. The number of rotatable bonds is 4. The minimum atomic E-state index is 0.180. The summed E-state index contributed by atoms with van der Waals surface area (Å²) < 4.78 is 0. The molecular weight excluding hydrogens is 623 g/mol. The largest absolute Gasteiger partial charge is 0.506 e. The lowest BCUT2D eigenvalue weighted by molar-refractivity contribution is 0.480. The van der Waals surface area contributed by atoms with Crippen molar-refractivity contribution in [3.63, 3.8) is 0 Å². The van der Waals surface area contributed by atoms with Crippen LogP contribution in [0.4, 0.5) is 0 Å². The molecule has 10 rings (SSSR count). The Balaban J connectivity index is 1.05. The quantitative estimate of drug-likeness (QED) is 0.192. The van der Waals surface area contributed by atoms with Crippen LogP contribution >= 0.6 is 0 Å². The molecule has 0 amide bonds. The highest BCUT2D eigenvalue weighted by molar-refractivity contribution is 6.23. The van der Waals surface area contributed by atoms with E-state index < -0.39 is 0 Å². The van der Waals surface area contributed by atoms with Crippen LogP contribution in [0.15, 0.2) is 170 Å². The van der Waals surface area contributed by atoms with E-state index >= 15 is 0 Å². The van der Waals surface area contributed by atoms with Gasteiger partial charge in [-0.1, -0.05) is 146 Å². The van der Waals surface area contributed by atoms with E-state index in [2.05, 4.69) is 133 Å². The summed E-state index contributed by atoms with van der Waals surface area (Å²) in [5.41, 5.74) is 10.4. The zero-order valence-electron chi connectivity index (χ0n) is 27.5. The molecule has 0 fully saturated rings. The predicted molar refractivity (Wildman–Crippen MR) is 211 cm³/mol. The zero-order chi connectivity index (χ0) is 33.9. The van der Waals surface area contributed by atoms with Crippen molar-refractivity contribution in [2.24, 2.45) is 0 Å². The molecule has 51 heavy (non-hydrogen) atoms. The van der Waals surface area contributed by atoms with Gasteiger partial charge >= 0.3 is 0 Å². The Bertz CT molecular complexity index is 2970. The van der Waals surface area contributed by atoms with E-state index in [4.69, 9.17) is 15.0 Å². The Morgan fingerprint density at radius 2 is 0.922 bits per heavy atom. The lowest BCUT2D eigenvalue weighted by Crippen LogP contribution is -1.92. The van der Waals surface area contributed by atoms with Gasteiger partial charge in [-0.05, 0) is 46.2 Å². The molecule has 0 aliphatic rings. The molecule has 238 valence electrons. The van der Waals surface area contributed by atoms with Crippen LogP contribution in [-0.2, 0) is 0 Å². The molecule has 0 bridgehead atoms. The van der Waals surface area contributed by atoms with Crippen LogP contribution in [0.3, 0.4) is 0 Å². The minimum Gasteiger partial charge on any atom is -0.506 e. The first-order chi connectivity index (χ1) is 25.2. The predicted octanol–water partition coefficient (Wildman–Crippen LogP) is 12.0. The van der Waals surface area contributed by atoms with Gasteiger partial charge in [-0.3, -0.25) is 0 Å². The van der Waals surface area contributed by atoms with Gasteiger partial charge < -0.3 is 5.11 Å². The second kappa shape index (κ2) is 11.6. The van der Waals surface area contributed by atoms with E-state index in [0.29, 0.717) is 5.52 Å². The summed E-state index contributed by atoms with van der Waals surface area (Å²) in [6, 6.07) is 58.4. The number of aromatic nitrogens is 3. The van der Waals surface area contributed by atoms with Gasteiger partial charge in [0.1, 0.15) is 11.3 Å². The highest BCUT2D eigenvalue weighted by atomic mass is 16.3. The fraction of sp³-hybridized carbons (Fsp3) is 0. The number of hydrogen-bond donors (Lipinski definition) is 1. The molecule has 7 aromatic carbocycles. The molecule has 0 aliphatic heterocycles. The molecule has 0 spiro atoms. The Morgan fingerprint density at radius 3 is 1.71 bits per heavy atom. The highest BCUT2D eigenvalue weighted by Crippen LogP contribution is 2.40. The van der Waals surface area contributed by atoms with Gasteiger partial charge in [-0.25, -0.2) is 15.0 Å². The van der Waals surface area contributed by atoms with E-state index in [1.807, 2.05) is 30.3 Å². The van der Waals surface area contributed by atoms with Gasteiger partial charge in [-0.2, -0.15) is 0 Å². The summed E-state index contributed by atoms with van der Waals surface area (Å²) in [6.45, 7) is 0. The number of pyridine rings is 3. The molecule has 0 atom stereocenters. The maximum Gasteiger partial charge on any atom is 0.141 e. The first-order valence-corrected chi connectivity index (χ1v) is 17.1. The van der Waals surface area contributed by atoms with Gasteiger partial charge in [0.15, 0.2) is 0 Å². The van der Waals surface area contributed by atoms with E-state index in [1.54, 1.807) is 6.07 Å². The van der Waals surface area contributed by atoms with Crippen molar-refractivity contribution < 1.29 is 5.11 Å². The molecule has 4 heteroatoms. The maximum absolute atomic E-state index is 10.9. The van der Waals surface area contributed by atoms with Crippen molar-refractivity contribution in [1.82, 2.24) is 15.0 Å². The van der Waals surface area contributed by atoms with Gasteiger partial charge in [0.25, 0.3) is 0 Å². The first kappa shape index (κ1) is 29.0. The van der Waals surface area contributed by atoms with Crippen LogP contribution in [0.2, 0.25) is 0 Å². The van der Waals surface area contributed by atoms with E-state index in [0.717, 1.165) is 93.6 Å². The monoisotopic (exact) mass is 651 g/mol. The molecule has 4 nitrogen and oxygen atoms in total. The summed E-state index contributed by atoms with van der Waals surface area (Å²) in [7, 11) is 0. The Morgan fingerprint density at radius 1 is 0.333 bits per heavy atom. The first-order valence-electron chi connectivity index (χ1n) is 17.1. The molecule has 1 N–H and O–H groups in total. The van der Waals surface area contributed by atoms with Crippen molar-refractivity contribution in [2.75, 3.05) is 0 Å². The molecule has 0 saturated carbocycles. The number of fused-ring (bicyclic) bond motifs is 8. The zero-order valence-corrected chi connectivity index (χ0v) is 27.5. The van der Waals surface area contributed by atoms with Crippen LogP contribution < -0.4 is 0 Å². The van der Waals surface area contributed by atoms with E-state index in [-0.39, 0.29) is 5.75 Å². The fourth-order valence-corrected chi connectivity index (χ4v) is 7.38. The van der Waals surface area contributed by atoms with E-state index in [9.17, 15) is 5.11 Å². The van der Waals surface area contributed by atoms with Crippen LogP contribution in [-0.4, -0.2) is 20.1 Å². The summed E-state index contributed by atoms with van der Waals surface area (Å²) in [5, 5.41) is 18.4. The average Bonchev–Trinajstić information content (AvgIpc) is 3.20. The number of benzene rings is 7. The van der Waals surface area contributed by atoms with Gasteiger partial charge in [0, 0.05) is 43.6 Å². The normalized spacial score (nSPS) is 11.6. The maximum atomic E-state index is 10.9. The lowest BCUT2D eigenvalue weighted by atomic mass is 9.94. The van der Waals surface area contributed by atoms with Gasteiger partial charge in [-0.15, -0.1) is 0 Å². The number of hydrogen-bond acceptors (Lipinski definition) is 4. The molecule has 3 heterocycles. The Hall–Kier alpha value is -6.91. The van der Waals surface area contributed by atoms with Crippen molar-refractivity contribution in [1.29, 1.82) is 0 Å². The summed E-state index contributed by atoms with van der Waals surface area (Å²) in [5.74, 6) is 0.180. The van der Waals surface area contributed by atoms with E-state index in [1.165, 1.54) is 0 Å². The number of aromatic hydroxyl groups is 1. The number of phenols is 1. The smallest absolute Gasteiger partial charge is 0.141 e. The summed E-state index contributed by atoms with van der Waals surface area (Å²) >= 11 is 0. The van der Waals surface area contributed by atoms with Gasteiger partial charge in [0.2, 0.25) is 0 Å². The summed E-state index contributed by atoms with van der Waals surface area (Å²) in [4.78, 5) is 15.3. The third-order valence-corrected chi connectivity index (χ3v) is 9.93. The second-order valence-corrected chi connectivity index (χ2v) is 13.0. The number of nitrogens with zero attached hydrogens (tertiary/aromatic N) is 3. The molecule has 0 aliphatic carbocycles. The molecule has 3 aromatic heterocycles. The van der Waals surface area contributed by atoms with Crippen molar-refractivity contribution in [3.8, 4) is 50.6 Å². The second-order valence-electron chi connectivity index (χ2n) is 13.0. The Labute approximate surface area is 294 Å². The van der Waals surface area contributed by atoms with Crippen LogP contribution in [0.25, 0.3) is 99.2 Å². The van der Waals surface area contributed by atoms with Crippen molar-refractivity contribution in [2.45, 2.75) is 0 Å². The molecule has 0 radical (unpaired) electrons. The molecule has 0 saturated heterocycles. The van der Waals surface area contributed by atoms with Crippen molar-refractivity contribution in [3.05, 3.63) is 170 Å².